The molecule has 0 aliphatic heterocycles. The van der Waals surface area contributed by atoms with Gasteiger partial charge in [-0.1, -0.05) is 6.42 Å². The van der Waals surface area contributed by atoms with Gasteiger partial charge in [0.05, 0.1) is 11.9 Å². The summed E-state index contributed by atoms with van der Waals surface area (Å²) in [5.74, 6) is 1.25. The highest BCUT2D eigenvalue weighted by Crippen LogP contribution is 2.36. The van der Waals surface area contributed by atoms with E-state index in [2.05, 4.69) is 4.98 Å². The number of pyridine rings is 1. The Morgan fingerprint density at radius 2 is 2.06 bits per heavy atom. The Kier molecular flexibility index (Phi) is 2.50. The molecule has 3 rings (SSSR count). The number of rotatable bonds is 3. The summed E-state index contributed by atoms with van der Waals surface area (Å²) in [6.07, 6.45) is 7.09. The lowest BCUT2D eigenvalue weighted by Gasteiger charge is -2.31. The molecular weight excluding hydrogens is 214 g/mol. The van der Waals surface area contributed by atoms with Crippen LogP contribution in [0, 0.1) is 5.92 Å². The number of hydrogen-bond acceptors (Lipinski definition) is 3. The first kappa shape index (κ1) is 10.6. The van der Waals surface area contributed by atoms with Crippen LogP contribution in [0.25, 0.3) is 0 Å². The Hall–Kier alpha value is -1.58. The summed E-state index contributed by atoms with van der Waals surface area (Å²) in [5.41, 5.74) is 6.27. The van der Waals surface area contributed by atoms with E-state index in [1.807, 2.05) is 17.0 Å². The van der Waals surface area contributed by atoms with Crippen LogP contribution in [0.1, 0.15) is 32.1 Å². The van der Waals surface area contributed by atoms with Crippen LogP contribution in [0.4, 0.5) is 11.5 Å². The van der Waals surface area contributed by atoms with Crippen molar-refractivity contribution in [3.8, 4) is 0 Å². The molecule has 0 aromatic carbocycles. The van der Waals surface area contributed by atoms with Crippen molar-refractivity contribution in [1.82, 2.24) is 4.98 Å². The summed E-state index contributed by atoms with van der Waals surface area (Å²) in [7, 11) is 0. The number of nitrogens with zero attached hydrogens (tertiary/aromatic N) is 2. The first-order valence-corrected chi connectivity index (χ1v) is 6.30. The average Bonchev–Trinajstić information content (AvgIpc) is 3.03. The number of nitrogens with two attached hydrogens (primary N) is 1. The van der Waals surface area contributed by atoms with Crippen LogP contribution in [-0.4, -0.2) is 16.9 Å². The zero-order valence-corrected chi connectivity index (χ0v) is 9.80. The number of anilines is 2. The highest BCUT2D eigenvalue weighted by Gasteiger charge is 2.39. The van der Waals surface area contributed by atoms with Crippen molar-refractivity contribution in [1.29, 1.82) is 0 Å². The lowest BCUT2D eigenvalue weighted by Crippen LogP contribution is -2.40. The Morgan fingerprint density at radius 3 is 2.53 bits per heavy atom. The number of amides is 1. The molecule has 0 bridgehead atoms. The Balaban J connectivity index is 1.83. The molecule has 1 amide bonds. The molecule has 1 aromatic rings. The van der Waals surface area contributed by atoms with E-state index in [1.54, 1.807) is 6.20 Å². The predicted molar refractivity (Wildman–Crippen MR) is 66.5 cm³/mol. The third-order valence-corrected chi connectivity index (χ3v) is 3.62. The molecule has 17 heavy (non-hydrogen) atoms. The SMILES string of the molecule is Nc1ccc(N(C(=O)C2CCC2)C2CC2)nc1. The normalized spacial score (nSPS) is 19.8. The van der Waals surface area contributed by atoms with Crippen LogP contribution in [0.3, 0.4) is 0 Å². The lowest BCUT2D eigenvalue weighted by atomic mass is 9.84. The molecule has 4 heteroatoms. The maximum absolute atomic E-state index is 12.3. The van der Waals surface area contributed by atoms with Crippen molar-refractivity contribution in [3.63, 3.8) is 0 Å². The summed E-state index contributed by atoms with van der Waals surface area (Å²) in [6, 6.07) is 4.04. The Labute approximate surface area is 101 Å². The Morgan fingerprint density at radius 1 is 1.29 bits per heavy atom. The number of carbonyl (C=O) groups is 1. The second-order valence-corrected chi connectivity index (χ2v) is 5.02. The van der Waals surface area contributed by atoms with Crippen molar-refractivity contribution in [2.75, 3.05) is 10.6 Å². The van der Waals surface area contributed by atoms with E-state index in [-0.39, 0.29) is 11.8 Å². The third kappa shape index (κ3) is 1.99. The molecule has 2 saturated carbocycles. The summed E-state index contributed by atoms with van der Waals surface area (Å²) in [6.45, 7) is 0. The highest BCUT2D eigenvalue weighted by molar-refractivity contribution is 5.95. The van der Waals surface area contributed by atoms with Gasteiger partial charge in [0.25, 0.3) is 0 Å². The topological polar surface area (TPSA) is 59.2 Å². The number of hydrogen-bond donors (Lipinski definition) is 1. The van der Waals surface area contributed by atoms with Gasteiger partial charge in [-0.3, -0.25) is 9.69 Å². The smallest absolute Gasteiger partial charge is 0.231 e. The summed E-state index contributed by atoms with van der Waals surface area (Å²) < 4.78 is 0. The van der Waals surface area contributed by atoms with E-state index in [0.29, 0.717) is 11.7 Å². The molecule has 90 valence electrons. The fraction of sp³-hybridized carbons (Fsp3) is 0.538. The number of nitrogen functional groups attached to an aromatic ring is 1. The summed E-state index contributed by atoms with van der Waals surface area (Å²) in [4.78, 5) is 18.5. The second kappa shape index (κ2) is 4.02. The standard InChI is InChI=1S/C13H17N3O/c14-10-4-7-12(15-8-10)16(11-5-6-11)13(17)9-2-1-3-9/h4,7-9,11H,1-3,5-6,14H2. The summed E-state index contributed by atoms with van der Waals surface area (Å²) >= 11 is 0. The quantitative estimate of drug-likeness (QED) is 0.865. The van der Waals surface area contributed by atoms with Crippen LogP contribution in [0.5, 0.6) is 0 Å². The molecule has 2 fully saturated rings. The molecule has 0 spiro atoms. The van der Waals surface area contributed by atoms with Gasteiger partial charge in [-0.15, -0.1) is 0 Å². The van der Waals surface area contributed by atoms with Crippen molar-refractivity contribution in [2.45, 2.75) is 38.1 Å². The van der Waals surface area contributed by atoms with Gasteiger partial charge in [0.1, 0.15) is 5.82 Å². The average molecular weight is 231 g/mol. The van der Waals surface area contributed by atoms with E-state index in [0.717, 1.165) is 31.5 Å². The highest BCUT2D eigenvalue weighted by atomic mass is 16.2. The van der Waals surface area contributed by atoms with E-state index in [9.17, 15) is 4.79 Å². The minimum absolute atomic E-state index is 0.231. The number of aromatic nitrogens is 1. The van der Waals surface area contributed by atoms with Crippen LogP contribution < -0.4 is 10.6 Å². The molecule has 2 aliphatic carbocycles. The van der Waals surface area contributed by atoms with Crippen LogP contribution >= 0.6 is 0 Å². The fourth-order valence-electron chi connectivity index (χ4n) is 2.20. The lowest BCUT2D eigenvalue weighted by molar-refractivity contribution is -0.124. The van der Waals surface area contributed by atoms with Crippen molar-refractivity contribution >= 4 is 17.4 Å². The minimum Gasteiger partial charge on any atom is -0.397 e. The predicted octanol–water partition coefficient (Wildman–Crippen LogP) is 1.96. The van der Waals surface area contributed by atoms with Gasteiger partial charge in [-0.05, 0) is 37.8 Å². The first-order chi connectivity index (χ1) is 8.25. The zero-order chi connectivity index (χ0) is 11.8. The van der Waals surface area contributed by atoms with Crippen LogP contribution in [0.15, 0.2) is 18.3 Å². The van der Waals surface area contributed by atoms with E-state index in [4.69, 9.17) is 5.73 Å². The van der Waals surface area contributed by atoms with Gasteiger partial charge in [-0.2, -0.15) is 0 Å². The van der Waals surface area contributed by atoms with Crippen molar-refractivity contribution in [2.24, 2.45) is 5.92 Å². The molecular formula is C13H17N3O. The van der Waals surface area contributed by atoms with Crippen molar-refractivity contribution in [3.05, 3.63) is 18.3 Å². The van der Waals surface area contributed by atoms with Gasteiger partial charge in [0.15, 0.2) is 0 Å². The van der Waals surface area contributed by atoms with Gasteiger partial charge in [0.2, 0.25) is 5.91 Å². The summed E-state index contributed by atoms with van der Waals surface area (Å²) in [5, 5.41) is 0. The monoisotopic (exact) mass is 231 g/mol. The first-order valence-electron chi connectivity index (χ1n) is 6.30. The molecule has 0 unspecified atom stereocenters. The van der Waals surface area contributed by atoms with E-state index >= 15 is 0 Å². The van der Waals surface area contributed by atoms with Gasteiger partial charge >= 0.3 is 0 Å². The minimum atomic E-state index is 0.231. The van der Waals surface area contributed by atoms with Crippen LogP contribution in [0.2, 0.25) is 0 Å². The molecule has 0 atom stereocenters. The third-order valence-electron chi connectivity index (χ3n) is 3.62. The molecule has 1 heterocycles. The molecule has 2 N–H and O–H groups in total. The van der Waals surface area contributed by atoms with Gasteiger partial charge < -0.3 is 5.73 Å². The zero-order valence-electron chi connectivity index (χ0n) is 9.80. The largest absolute Gasteiger partial charge is 0.397 e. The number of carbonyl (C=O) groups excluding carboxylic acids is 1. The van der Waals surface area contributed by atoms with Crippen molar-refractivity contribution < 1.29 is 4.79 Å². The van der Waals surface area contributed by atoms with E-state index in [1.165, 1.54) is 6.42 Å². The van der Waals surface area contributed by atoms with Gasteiger partial charge in [0, 0.05) is 12.0 Å². The van der Waals surface area contributed by atoms with Gasteiger partial charge in [-0.25, -0.2) is 4.98 Å². The molecule has 0 radical (unpaired) electrons. The van der Waals surface area contributed by atoms with E-state index < -0.39 is 0 Å². The maximum Gasteiger partial charge on any atom is 0.231 e. The molecule has 2 aliphatic rings. The van der Waals surface area contributed by atoms with Crippen LogP contribution in [-0.2, 0) is 4.79 Å². The second-order valence-electron chi connectivity index (χ2n) is 5.02. The molecule has 0 saturated heterocycles. The molecule has 4 nitrogen and oxygen atoms in total. The fourth-order valence-corrected chi connectivity index (χ4v) is 2.20. The Bertz CT molecular complexity index is 421. The maximum atomic E-state index is 12.3. The molecule has 1 aromatic heterocycles.